The first-order chi connectivity index (χ1) is 21.9. The van der Waals surface area contributed by atoms with Crippen molar-refractivity contribution < 1.29 is 14.3 Å². The number of hydrogen-bond acceptors (Lipinski definition) is 7. The normalized spacial score (nSPS) is 18.1. The van der Waals surface area contributed by atoms with E-state index in [9.17, 15) is 4.79 Å². The number of primary amides is 1. The number of likely N-dealkylation sites (tertiary alicyclic amines) is 2. The fourth-order valence-corrected chi connectivity index (χ4v) is 6.44. The molecule has 0 saturated carbocycles. The molecule has 1 amide bonds. The second-order valence-corrected chi connectivity index (χ2v) is 12.7. The van der Waals surface area contributed by atoms with Gasteiger partial charge in [-0.1, -0.05) is 72.8 Å². The van der Waals surface area contributed by atoms with Crippen LogP contribution < -0.4 is 15.8 Å². The summed E-state index contributed by atoms with van der Waals surface area (Å²) >= 11 is 0. The number of piperidine rings is 2. The van der Waals surface area contributed by atoms with Crippen LogP contribution in [0.15, 0.2) is 78.9 Å². The van der Waals surface area contributed by atoms with Crippen LogP contribution in [-0.4, -0.2) is 100.0 Å². The summed E-state index contributed by atoms with van der Waals surface area (Å²) in [5.41, 5.74) is 9.25. The smallest absolute Gasteiger partial charge is 0.204 e. The number of carbonyl (C=O) groups is 2. The molecule has 3 aliphatic heterocycles. The highest BCUT2D eigenvalue weighted by Gasteiger charge is 2.42. The van der Waals surface area contributed by atoms with Crippen LogP contribution in [0.3, 0.4) is 0 Å². The molecule has 0 aromatic heterocycles. The second-order valence-electron chi connectivity index (χ2n) is 12.7. The average molecular weight is 614 g/mol. The Labute approximate surface area is 269 Å². The maximum Gasteiger partial charge on any atom is 0.204 e. The summed E-state index contributed by atoms with van der Waals surface area (Å²) in [6, 6.07) is 26.8. The van der Waals surface area contributed by atoms with Crippen molar-refractivity contribution in [2.24, 2.45) is 11.1 Å². The minimum atomic E-state index is 0.250. The van der Waals surface area contributed by atoms with Crippen molar-refractivity contribution in [3.63, 3.8) is 0 Å². The molecule has 0 unspecified atom stereocenters. The van der Waals surface area contributed by atoms with Crippen LogP contribution in [0.5, 0.6) is 5.75 Å². The number of rotatable bonds is 9. The molecule has 1 spiro atoms. The van der Waals surface area contributed by atoms with E-state index < -0.39 is 0 Å². The SMILES string of the molecule is CN(C)CCN1CCC(Oc2ccccc2-c2ccccc2)CC1.NC=O.O=Cc1ccc(CN2CC3(CCNCC3)C2)cc1. The van der Waals surface area contributed by atoms with Gasteiger partial charge in [-0.25, -0.2) is 0 Å². The number of hydrogen-bond donors (Lipinski definition) is 2. The number of ether oxygens (including phenoxy) is 1. The molecule has 0 bridgehead atoms. The Hall–Kier alpha value is -3.56. The number of aldehydes is 1. The molecular formula is C37H51N5O3. The van der Waals surface area contributed by atoms with Crippen LogP contribution in [0.1, 0.15) is 41.6 Å². The molecule has 0 atom stereocenters. The van der Waals surface area contributed by atoms with Gasteiger partial charge in [0, 0.05) is 56.9 Å². The van der Waals surface area contributed by atoms with E-state index in [-0.39, 0.29) is 6.41 Å². The number of nitrogens with two attached hydrogens (primary N) is 1. The zero-order valence-corrected chi connectivity index (χ0v) is 27.1. The molecule has 242 valence electrons. The van der Waals surface area contributed by atoms with Crippen LogP contribution in [0.4, 0.5) is 0 Å². The Bertz CT molecular complexity index is 1280. The van der Waals surface area contributed by atoms with Crippen molar-refractivity contribution >= 4 is 12.7 Å². The van der Waals surface area contributed by atoms with Crippen LogP contribution >= 0.6 is 0 Å². The van der Waals surface area contributed by atoms with Gasteiger partial charge in [0.1, 0.15) is 18.1 Å². The molecule has 8 nitrogen and oxygen atoms in total. The van der Waals surface area contributed by atoms with Gasteiger partial charge in [-0.05, 0) is 75.5 Å². The number of amides is 1. The minimum Gasteiger partial charge on any atom is -0.490 e. The zero-order valence-electron chi connectivity index (χ0n) is 27.1. The summed E-state index contributed by atoms with van der Waals surface area (Å²) in [5.74, 6) is 1.01. The van der Waals surface area contributed by atoms with E-state index in [4.69, 9.17) is 9.53 Å². The Balaban J connectivity index is 0.000000195. The third-order valence-electron chi connectivity index (χ3n) is 8.97. The molecule has 0 radical (unpaired) electrons. The van der Waals surface area contributed by atoms with E-state index in [1.165, 1.54) is 55.7 Å². The van der Waals surface area contributed by atoms with Crippen molar-refractivity contribution in [2.75, 3.05) is 66.5 Å². The Kier molecular flexibility index (Phi) is 13.6. The van der Waals surface area contributed by atoms with Gasteiger partial charge < -0.3 is 25.6 Å². The predicted octanol–water partition coefficient (Wildman–Crippen LogP) is 4.54. The van der Waals surface area contributed by atoms with Gasteiger partial charge in [-0.2, -0.15) is 0 Å². The highest BCUT2D eigenvalue weighted by Crippen LogP contribution is 2.39. The van der Waals surface area contributed by atoms with Crippen LogP contribution in [0.25, 0.3) is 11.1 Å². The third-order valence-corrected chi connectivity index (χ3v) is 8.97. The molecule has 3 saturated heterocycles. The molecule has 3 aromatic rings. The minimum absolute atomic E-state index is 0.250. The van der Waals surface area contributed by atoms with Crippen LogP contribution in [-0.2, 0) is 11.3 Å². The number of nitrogens with zero attached hydrogens (tertiary/aromatic N) is 3. The maximum absolute atomic E-state index is 10.6. The summed E-state index contributed by atoms with van der Waals surface area (Å²) < 4.78 is 6.38. The summed E-state index contributed by atoms with van der Waals surface area (Å²) in [6.45, 7) is 10.4. The lowest BCUT2D eigenvalue weighted by Crippen LogP contribution is -2.59. The van der Waals surface area contributed by atoms with E-state index in [2.05, 4.69) is 107 Å². The largest absolute Gasteiger partial charge is 0.490 e. The van der Waals surface area contributed by atoms with Gasteiger partial charge in [0.2, 0.25) is 6.41 Å². The van der Waals surface area contributed by atoms with Gasteiger partial charge in [0.25, 0.3) is 0 Å². The number of carbonyl (C=O) groups excluding carboxylic acids is 2. The van der Waals surface area contributed by atoms with Gasteiger partial charge >= 0.3 is 0 Å². The summed E-state index contributed by atoms with van der Waals surface area (Å²) in [7, 11) is 4.27. The summed E-state index contributed by atoms with van der Waals surface area (Å²) in [5, 5.41) is 3.43. The summed E-state index contributed by atoms with van der Waals surface area (Å²) in [4.78, 5) is 26.5. The molecular weight excluding hydrogens is 562 g/mol. The molecule has 0 aliphatic carbocycles. The number of nitrogens with one attached hydrogen (secondary N) is 1. The molecule has 3 aromatic carbocycles. The van der Waals surface area contributed by atoms with Gasteiger partial charge in [-0.3, -0.25) is 14.5 Å². The highest BCUT2D eigenvalue weighted by atomic mass is 16.5. The molecule has 3 fully saturated rings. The number of benzene rings is 3. The van der Waals surface area contributed by atoms with Crippen molar-refractivity contribution in [1.82, 2.24) is 20.0 Å². The Morgan fingerprint density at radius 1 is 0.889 bits per heavy atom. The molecule has 3 N–H and O–H groups in total. The highest BCUT2D eigenvalue weighted by molar-refractivity contribution is 5.74. The standard InChI is InChI=1S/C21H28N2O.C15H20N2O.CH3NO/c1-22(2)16-17-23-14-12-19(13-15-23)24-21-11-7-6-10-20(21)18-8-4-3-5-9-18;18-10-14-3-1-13(2-4-14)9-17-11-15(12-17)5-7-16-8-6-15;2-1-3/h3-11,19H,12-17H2,1-2H3;1-4,10,16H,5-9,11-12H2;1H,(H2,2,3). The second kappa shape index (κ2) is 17.8. The fourth-order valence-electron chi connectivity index (χ4n) is 6.44. The fraction of sp³-hybridized carbons (Fsp3) is 0.459. The topological polar surface area (TPSA) is 91.1 Å². The number of likely N-dealkylation sites (N-methyl/N-ethyl adjacent to an activating group) is 1. The quantitative estimate of drug-likeness (QED) is 0.343. The third kappa shape index (κ3) is 10.8. The first-order valence-electron chi connectivity index (χ1n) is 16.2. The van der Waals surface area contributed by atoms with Crippen molar-refractivity contribution in [3.8, 4) is 16.9 Å². The Morgan fingerprint density at radius 2 is 1.51 bits per heavy atom. The Morgan fingerprint density at radius 3 is 2.13 bits per heavy atom. The van der Waals surface area contributed by atoms with E-state index in [1.807, 2.05) is 12.1 Å². The van der Waals surface area contributed by atoms with E-state index in [1.54, 1.807) is 0 Å². The molecule has 8 heteroatoms. The van der Waals surface area contributed by atoms with Gasteiger partial charge in [0.15, 0.2) is 0 Å². The van der Waals surface area contributed by atoms with Gasteiger partial charge in [-0.15, -0.1) is 0 Å². The molecule has 45 heavy (non-hydrogen) atoms. The molecule has 6 rings (SSSR count). The van der Waals surface area contributed by atoms with Crippen LogP contribution in [0, 0.1) is 5.41 Å². The molecule has 3 heterocycles. The zero-order chi connectivity index (χ0) is 31.9. The number of para-hydroxylation sites is 1. The van der Waals surface area contributed by atoms with Crippen LogP contribution in [0.2, 0.25) is 0 Å². The van der Waals surface area contributed by atoms with Crippen molar-refractivity contribution in [2.45, 2.75) is 38.3 Å². The average Bonchev–Trinajstić information content (AvgIpc) is 3.06. The van der Waals surface area contributed by atoms with E-state index >= 15 is 0 Å². The lowest BCUT2D eigenvalue weighted by atomic mass is 9.72. The van der Waals surface area contributed by atoms with Gasteiger partial charge in [0.05, 0.1) is 0 Å². The lowest BCUT2D eigenvalue weighted by Gasteiger charge is -2.52. The first kappa shape index (κ1) is 34.3. The first-order valence-corrected chi connectivity index (χ1v) is 16.2. The maximum atomic E-state index is 10.6. The van der Waals surface area contributed by atoms with Crippen molar-refractivity contribution in [3.05, 3.63) is 90.0 Å². The van der Waals surface area contributed by atoms with E-state index in [0.29, 0.717) is 11.5 Å². The monoisotopic (exact) mass is 613 g/mol. The molecule has 3 aliphatic rings. The van der Waals surface area contributed by atoms with Crippen molar-refractivity contribution in [1.29, 1.82) is 0 Å². The summed E-state index contributed by atoms with van der Waals surface area (Å²) in [6.07, 6.45) is 6.34. The lowest BCUT2D eigenvalue weighted by molar-refractivity contribution is -0.106. The predicted molar refractivity (Wildman–Crippen MR) is 182 cm³/mol. The van der Waals surface area contributed by atoms with E-state index in [0.717, 1.165) is 63.2 Å².